The number of nitrogens with two attached hydrogens (primary N) is 1. The first-order valence-corrected chi connectivity index (χ1v) is 5.47. The van der Waals surface area contributed by atoms with E-state index in [1.165, 1.54) is 6.07 Å². The molecule has 1 rings (SSSR count). The summed E-state index contributed by atoms with van der Waals surface area (Å²) in [7, 11) is 0. The molecule has 2 N–H and O–H groups in total. The lowest BCUT2D eigenvalue weighted by molar-refractivity contribution is 0.439. The van der Waals surface area contributed by atoms with Crippen LogP contribution in [0.5, 0.6) is 0 Å². The molecule has 0 aliphatic rings. The maximum Gasteiger partial charge on any atom is 0.127 e. The van der Waals surface area contributed by atoms with Gasteiger partial charge < -0.3 is 5.73 Å². The number of hydrogen-bond donors (Lipinski definition) is 1. The van der Waals surface area contributed by atoms with Crippen molar-refractivity contribution in [2.45, 2.75) is 32.2 Å². The van der Waals surface area contributed by atoms with Crippen molar-refractivity contribution < 1.29 is 4.39 Å². The van der Waals surface area contributed by atoms with E-state index in [1.807, 2.05) is 19.9 Å². The third-order valence-corrected chi connectivity index (χ3v) is 2.91. The van der Waals surface area contributed by atoms with Gasteiger partial charge in [0, 0.05) is 10.0 Å². The van der Waals surface area contributed by atoms with E-state index in [4.69, 9.17) is 5.73 Å². The zero-order valence-electron chi connectivity index (χ0n) is 8.48. The summed E-state index contributed by atoms with van der Waals surface area (Å²) in [5.74, 6) is -0.190. The average molecular weight is 260 g/mol. The molecule has 1 aromatic carbocycles. The van der Waals surface area contributed by atoms with Gasteiger partial charge >= 0.3 is 0 Å². The molecule has 0 aromatic heterocycles. The standard InChI is InChI=1S/C11H15BrFN/c1-3-11(2,14)7-8-4-5-9(12)6-10(8)13/h4-6H,3,7,14H2,1-2H3. The molecule has 3 heteroatoms. The summed E-state index contributed by atoms with van der Waals surface area (Å²) in [6.45, 7) is 3.95. The number of rotatable bonds is 3. The summed E-state index contributed by atoms with van der Waals surface area (Å²) in [6, 6.07) is 5.09. The van der Waals surface area contributed by atoms with Gasteiger partial charge in [-0.2, -0.15) is 0 Å². The Balaban J connectivity index is 2.87. The molecule has 14 heavy (non-hydrogen) atoms. The molecular formula is C11H15BrFN. The van der Waals surface area contributed by atoms with Crippen molar-refractivity contribution >= 4 is 15.9 Å². The smallest absolute Gasteiger partial charge is 0.127 e. The number of benzene rings is 1. The van der Waals surface area contributed by atoms with E-state index in [0.717, 1.165) is 10.9 Å². The Kier molecular flexibility index (Phi) is 3.67. The minimum Gasteiger partial charge on any atom is -0.325 e. The topological polar surface area (TPSA) is 26.0 Å². The highest BCUT2D eigenvalue weighted by molar-refractivity contribution is 9.10. The first-order valence-electron chi connectivity index (χ1n) is 4.67. The Labute approximate surface area is 92.6 Å². The largest absolute Gasteiger partial charge is 0.325 e. The number of hydrogen-bond acceptors (Lipinski definition) is 1. The molecule has 1 unspecified atom stereocenters. The molecular weight excluding hydrogens is 245 g/mol. The predicted molar refractivity (Wildman–Crippen MR) is 60.7 cm³/mol. The van der Waals surface area contributed by atoms with E-state index >= 15 is 0 Å². The average Bonchev–Trinajstić information content (AvgIpc) is 2.10. The molecule has 0 aliphatic carbocycles. The predicted octanol–water partition coefficient (Wildman–Crippen LogP) is 3.26. The highest BCUT2D eigenvalue weighted by Crippen LogP contribution is 2.20. The molecule has 78 valence electrons. The molecule has 0 heterocycles. The van der Waals surface area contributed by atoms with Crippen LogP contribution in [0.2, 0.25) is 0 Å². The van der Waals surface area contributed by atoms with Crippen LogP contribution in [0, 0.1) is 5.82 Å². The van der Waals surface area contributed by atoms with Crippen molar-refractivity contribution in [2.75, 3.05) is 0 Å². The zero-order chi connectivity index (χ0) is 10.8. The van der Waals surface area contributed by atoms with E-state index in [0.29, 0.717) is 12.0 Å². The minimum absolute atomic E-state index is 0.190. The molecule has 0 amide bonds. The van der Waals surface area contributed by atoms with Gasteiger partial charge in [0.15, 0.2) is 0 Å². The lowest BCUT2D eigenvalue weighted by atomic mass is 9.91. The number of halogens is 2. The Hall–Kier alpha value is -0.410. The van der Waals surface area contributed by atoms with Gasteiger partial charge in [0.2, 0.25) is 0 Å². The van der Waals surface area contributed by atoms with E-state index in [9.17, 15) is 4.39 Å². The second-order valence-corrected chi connectivity index (χ2v) is 4.84. The normalized spacial score (nSPS) is 15.2. The van der Waals surface area contributed by atoms with Gasteiger partial charge in [0.25, 0.3) is 0 Å². The summed E-state index contributed by atoms with van der Waals surface area (Å²) in [5.41, 5.74) is 6.33. The second kappa shape index (κ2) is 4.41. The Morgan fingerprint density at radius 1 is 1.50 bits per heavy atom. The summed E-state index contributed by atoms with van der Waals surface area (Å²) in [5, 5.41) is 0. The summed E-state index contributed by atoms with van der Waals surface area (Å²) >= 11 is 3.22. The fraction of sp³-hybridized carbons (Fsp3) is 0.455. The van der Waals surface area contributed by atoms with Gasteiger partial charge in [0.1, 0.15) is 5.82 Å². The van der Waals surface area contributed by atoms with Gasteiger partial charge in [-0.15, -0.1) is 0 Å². The molecule has 0 saturated carbocycles. The van der Waals surface area contributed by atoms with Crippen molar-refractivity contribution in [3.8, 4) is 0 Å². The highest BCUT2D eigenvalue weighted by atomic mass is 79.9. The molecule has 0 fully saturated rings. The SMILES string of the molecule is CCC(C)(N)Cc1ccc(Br)cc1F. The van der Waals surface area contributed by atoms with Gasteiger partial charge in [-0.3, -0.25) is 0 Å². The van der Waals surface area contributed by atoms with Crippen LogP contribution in [0.15, 0.2) is 22.7 Å². The second-order valence-electron chi connectivity index (χ2n) is 3.92. The molecule has 1 aromatic rings. The van der Waals surface area contributed by atoms with Gasteiger partial charge in [-0.1, -0.05) is 28.9 Å². The van der Waals surface area contributed by atoms with Gasteiger partial charge in [-0.05, 0) is 37.5 Å². The highest BCUT2D eigenvalue weighted by Gasteiger charge is 2.18. The molecule has 0 aliphatic heterocycles. The van der Waals surface area contributed by atoms with Crippen LogP contribution in [0.3, 0.4) is 0 Å². The summed E-state index contributed by atoms with van der Waals surface area (Å²) in [4.78, 5) is 0. The summed E-state index contributed by atoms with van der Waals surface area (Å²) < 4.78 is 14.2. The van der Waals surface area contributed by atoms with E-state index in [-0.39, 0.29) is 11.4 Å². The lowest BCUT2D eigenvalue weighted by Gasteiger charge is -2.22. The van der Waals surface area contributed by atoms with Crippen molar-refractivity contribution in [1.29, 1.82) is 0 Å². The molecule has 0 bridgehead atoms. The zero-order valence-corrected chi connectivity index (χ0v) is 10.1. The monoisotopic (exact) mass is 259 g/mol. The van der Waals surface area contributed by atoms with Gasteiger partial charge in [-0.25, -0.2) is 4.39 Å². The van der Waals surface area contributed by atoms with Crippen LogP contribution >= 0.6 is 15.9 Å². The first-order chi connectivity index (χ1) is 6.44. The maximum absolute atomic E-state index is 13.4. The van der Waals surface area contributed by atoms with Crippen molar-refractivity contribution in [2.24, 2.45) is 5.73 Å². The van der Waals surface area contributed by atoms with Crippen LogP contribution in [-0.2, 0) is 6.42 Å². The van der Waals surface area contributed by atoms with Crippen molar-refractivity contribution in [3.05, 3.63) is 34.1 Å². The molecule has 0 radical (unpaired) electrons. The Morgan fingerprint density at radius 3 is 2.64 bits per heavy atom. The van der Waals surface area contributed by atoms with Crippen LogP contribution in [-0.4, -0.2) is 5.54 Å². The molecule has 0 spiro atoms. The fourth-order valence-electron chi connectivity index (χ4n) is 1.23. The third kappa shape index (κ3) is 3.07. The van der Waals surface area contributed by atoms with Crippen LogP contribution in [0.1, 0.15) is 25.8 Å². The summed E-state index contributed by atoms with van der Waals surface area (Å²) in [6.07, 6.45) is 1.41. The quantitative estimate of drug-likeness (QED) is 0.886. The lowest BCUT2D eigenvalue weighted by Crippen LogP contribution is -2.37. The molecule has 1 atom stereocenters. The van der Waals surface area contributed by atoms with E-state index in [1.54, 1.807) is 6.07 Å². The molecule has 0 saturated heterocycles. The van der Waals surface area contributed by atoms with Crippen molar-refractivity contribution in [1.82, 2.24) is 0 Å². The minimum atomic E-state index is -0.325. The first kappa shape index (κ1) is 11.7. The fourth-order valence-corrected chi connectivity index (χ4v) is 1.56. The third-order valence-electron chi connectivity index (χ3n) is 2.42. The maximum atomic E-state index is 13.4. The van der Waals surface area contributed by atoms with E-state index in [2.05, 4.69) is 15.9 Å². The van der Waals surface area contributed by atoms with Gasteiger partial charge in [0.05, 0.1) is 0 Å². The van der Waals surface area contributed by atoms with Crippen LogP contribution < -0.4 is 5.73 Å². The molecule has 1 nitrogen and oxygen atoms in total. The van der Waals surface area contributed by atoms with Crippen LogP contribution in [0.25, 0.3) is 0 Å². The Bertz CT molecular complexity index is 323. The van der Waals surface area contributed by atoms with E-state index < -0.39 is 0 Å². The van der Waals surface area contributed by atoms with Crippen LogP contribution in [0.4, 0.5) is 4.39 Å². The van der Waals surface area contributed by atoms with Crippen molar-refractivity contribution in [3.63, 3.8) is 0 Å². The Morgan fingerprint density at radius 2 is 2.14 bits per heavy atom.